The maximum absolute atomic E-state index is 11.1. The van der Waals surface area contributed by atoms with Crippen molar-refractivity contribution in [2.75, 3.05) is 0 Å². The highest BCUT2D eigenvalue weighted by Gasteiger charge is 2.23. The highest BCUT2D eigenvalue weighted by molar-refractivity contribution is 6.12. The number of aromatic nitrogens is 2. The lowest BCUT2D eigenvalue weighted by atomic mass is 9.96. The maximum Gasteiger partial charge on any atom is 0.104 e. The van der Waals surface area contributed by atoms with Crippen LogP contribution >= 0.6 is 0 Å². The van der Waals surface area contributed by atoms with Gasteiger partial charge in [-0.25, -0.2) is 0 Å². The molecule has 50 heavy (non-hydrogen) atoms. The maximum atomic E-state index is 11.1. The van der Waals surface area contributed by atoms with Crippen LogP contribution in [0.2, 0.25) is 0 Å². The second-order valence-electron chi connectivity index (χ2n) is 11.7. The summed E-state index contributed by atoms with van der Waals surface area (Å²) < 4.78 is 3.92. The Kier molecular flexibility index (Phi) is 6.60. The van der Waals surface area contributed by atoms with Gasteiger partial charge in [-0.05, 0) is 102 Å². The normalized spacial score (nSPS) is 10.7. The molecule has 2 aromatic heterocycles. The van der Waals surface area contributed by atoms with Gasteiger partial charge in [0, 0.05) is 21.5 Å². The molecule has 0 unspecified atom stereocenters. The molecule has 8 nitrogen and oxygen atoms in total. The molecule has 0 aliphatic heterocycles. The van der Waals surface area contributed by atoms with Crippen molar-refractivity contribution in [3.63, 3.8) is 0 Å². The largest absolute Gasteiger partial charge is 0.308 e. The fourth-order valence-electron chi connectivity index (χ4n) is 6.91. The first-order valence-electron chi connectivity index (χ1n) is 15.4. The Balaban J connectivity index is 1.58. The van der Waals surface area contributed by atoms with E-state index < -0.39 is 0 Å². The Hall–Kier alpha value is -8.14. The fraction of sp³-hybridized carbons (Fsp3) is 0. The van der Waals surface area contributed by atoms with Crippen molar-refractivity contribution in [1.29, 1.82) is 31.6 Å². The SMILES string of the molecule is N#Cc1ccc2c(c1)c1cc(C#N)ccc1n2-c1cc(-c2ccccc2C#N)cc(-n2c3ccc(C#N)cc3c3cc(C#N)ccc32)c1C#N. The highest BCUT2D eigenvalue weighted by atomic mass is 15.0. The second kappa shape index (κ2) is 11.3. The van der Waals surface area contributed by atoms with Gasteiger partial charge in [-0.1, -0.05) is 18.2 Å². The van der Waals surface area contributed by atoms with Gasteiger partial charge < -0.3 is 9.13 Å². The van der Waals surface area contributed by atoms with Crippen molar-refractivity contribution >= 4 is 43.6 Å². The molecule has 8 heteroatoms. The number of benzene rings is 6. The Morgan fingerprint density at radius 3 is 1.10 bits per heavy atom. The molecule has 0 bridgehead atoms. The molecule has 0 fully saturated rings. The molecule has 0 aliphatic rings. The third kappa shape index (κ3) is 4.26. The van der Waals surface area contributed by atoms with Gasteiger partial charge in [0.15, 0.2) is 0 Å². The summed E-state index contributed by atoms with van der Waals surface area (Å²) in [4.78, 5) is 0. The van der Waals surface area contributed by atoms with Gasteiger partial charge in [-0.3, -0.25) is 0 Å². The van der Waals surface area contributed by atoms with E-state index in [0.29, 0.717) is 55.9 Å². The first-order valence-corrected chi connectivity index (χ1v) is 15.4. The molecule has 226 valence electrons. The van der Waals surface area contributed by atoms with Crippen molar-refractivity contribution < 1.29 is 0 Å². The molecule has 0 radical (unpaired) electrons. The van der Waals surface area contributed by atoms with Crippen molar-refractivity contribution in [3.05, 3.63) is 143 Å². The average Bonchev–Trinajstić information content (AvgIpc) is 3.67. The molecule has 0 amide bonds. The van der Waals surface area contributed by atoms with Crippen LogP contribution in [0.5, 0.6) is 0 Å². The van der Waals surface area contributed by atoms with Crippen molar-refractivity contribution in [3.8, 4) is 58.9 Å². The number of nitriles is 6. The first kappa shape index (κ1) is 29.3. The topological polar surface area (TPSA) is 153 Å². The van der Waals surface area contributed by atoms with Crippen LogP contribution < -0.4 is 0 Å². The molecule has 0 aliphatic carbocycles. The molecule has 2 heterocycles. The molecule has 8 aromatic rings. The quantitative estimate of drug-likeness (QED) is 0.189. The molecule has 0 spiro atoms. The summed E-state index contributed by atoms with van der Waals surface area (Å²) >= 11 is 0. The van der Waals surface area contributed by atoms with Gasteiger partial charge in [-0.2, -0.15) is 31.6 Å². The van der Waals surface area contributed by atoms with Gasteiger partial charge in [0.1, 0.15) is 11.6 Å². The molecule has 8 rings (SSSR count). The van der Waals surface area contributed by atoms with Crippen molar-refractivity contribution in [2.45, 2.75) is 0 Å². The minimum Gasteiger partial charge on any atom is -0.308 e. The van der Waals surface area contributed by atoms with Crippen LogP contribution in [0.4, 0.5) is 0 Å². The molecule has 0 atom stereocenters. The number of hydrogen-bond donors (Lipinski definition) is 0. The summed E-state index contributed by atoms with van der Waals surface area (Å²) in [7, 11) is 0. The Morgan fingerprint density at radius 1 is 0.380 bits per heavy atom. The predicted octanol–water partition coefficient (Wildman–Crippen LogP) is 8.78. The van der Waals surface area contributed by atoms with Crippen molar-refractivity contribution in [1.82, 2.24) is 9.13 Å². The van der Waals surface area contributed by atoms with Crippen LogP contribution in [-0.4, -0.2) is 9.13 Å². The summed E-state index contributed by atoms with van der Waals surface area (Å²) in [5.41, 5.74) is 7.89. The molecule has 6 aromatic carbocycles. The number of fused-ring (bicyclic) bond motifs is 6. The summed E-state index contributed by atoms with van der Waals surface area (Å²) in [6.07, 6.45) is 0. The Bertz CT molecular complexity index is 2750. The third-order valence-electron chi connectivity index (χ3n) is 9.10. The van der Waals surface area contributed by atoms with Crippen LogP contribution in [0.3, 0.4) is 0 Å². The molecule has 0 N–H and O–H groups in total. The minimum absolute atomic E-state index is 0.322. The molecule has 0 saturated carbocycles. The zero-order valence-corrected chi connectivity index (χ0v) is 26.0. The van der Waals surface area contributed by atoms with Gasteiger partial charge in [0.05, 0.1) is 91.6 Å². The van der Waals surface area contributed by atoms with Crippen LogP contribution in [0, 0.1) is 68.0 Å². The minimum atomic E-state index is 0.322. The summed E-state index contributed by atoms with van der Waals surface area (Å²) in [6.45, 7) is 0. The standard InChI is InChI=1S/C42H18N8/c43-19-25-5-9-37-32(13-25)33-14-26(20-44)6-10-38(33)49(37)41-17-30(31-4-2-1-3-29(31)23-47)18-42(36(41)24-48)50-39-11-7-27(21-45)15-34(39)35-16-28(22-46)8-12-40(35)50/h1-18H. The fourth-order valence-corrected chi connectivity index (χ4v) is 6.91. The van der Waals surface area contributed by atoms with E-state index in [2.05, 4.69) is 36.4 Å². The predicted molar refractivity (Wildman–Crippen MR) is 189 cm³/mol. The lowest BCUT2D eigenvalue weighted by Gasteiger charge is -2.19. The smallest absolute Gasteiger partial charge is 0.104 e. The number of hydrogen-bond acceptors (Lipinski definition) is 6. The zero-order valence-electron chi connectivity index (χ0n) is 26.0. The third-order valence-corrected chi connectivity index (χ3v) is 9.10. The summed E-state index contributed by atoms with van der Waals surface area (Å²) in [5.74, 6) is 0. The Labute approximate surface area is 285 Å². The van der Waals surface area contributed by atoms with Crippen LogP contribution in [0.15, 0.2) is 109 Å². The van der Waals surface area contributed by atoms with E-state index in [1.54, 1.807) is 60.7 Å². The van der Waals surface area contributed by atoms with E-state index in [4.69, 9.17) is 0 Å². The Morgan fingerprint density at radius 2 is 0.760 bits per heavy atom. The van der Waals surface area contributed by atoms with E-state index >= 15 is 0 Å². The molecular weight excluding hydrogens is 617 g/mol. The van der Waals surface area contributed by atoms with Gasteiger partial charge in [0.25, 0.3) is 0 Å². The zero-order chi connectivity index (χ0) is 34.5. The average molecular weight is 635 g/mol. The summed E-state index contributed by atoms with van der Waals surface area (Å²) in [6, 6.07) is 46.0. The molecular formula is C42H18N8. The number of rotatable bonds is 3. The van der Waals surface area contributed by atoms with E-state index in [1.165, 1.54) is 0 Å². The number of nitrogens with zero attached hydrogens (tertiary/aromatic N) is 8. The lowest BCUT2D eigenvalue weighted by molar-refractivity contribution is 1.12. The van der Waals surface area contributed by atoms with Gasteiger partial charge in [0.2, 0.25) is 0 Å². The monoisotopic (exact) mass is 634 g/mol. The van der Waals surface area contributed by atoms with Crippen LogP contribution in [0.1, 0.15) is 33.4 Å². The molecule has 0 saturated heterocycles. The van der Waals surface area contributed by atoms with Gasteiger partial charge in [-0.15, -0.1) is 0 Å². The first-order chi connectivity index (χ1) is 24.5. The van der Waals surface area contributed by atoms with Crippen LogP contribution in [-0.2, 0) is 0 Å². The lowest BCUT2D eigenvalue weighted by Crippen LogP contribution is -2.05. The summed E-state index contributed by atoms with van der Waals surface area (Å²) in [5, 5.41) is 63.2. The van der Waals surface area contributed by atoms with Crippen molar-refractivity contribution in [2.24, 2.45) is 0 Å². The second-order valence-corrected chi connectivity index (χ2v) is 11.7. The van der Waals surface area contributed by atoms with Crippen LogP contribution in [0.25, 0.3) is 66.1 Å². The highest BCUT2D eigenvalue weighted by Crippen LogP contribution is 2.41. The van der Waals surface area contributed by atoms with E-state index in [9.17, 15) is 31.6 Å². The van der Waals surface area contributed by atoms with Gasteiger partial charge >= 0.3 is 0 Å². The van der Waals surface area contributed by atoms with E-state index in [1.807, 2.05) is 57.7 Å². The van der Waals surface area contributed by atoms with E-state index in [0.717, 1.165) is 43.6 Å². The van der Waals surface area contributed by atoms with E-state index in [-0.39, 0.29) is 0 Å².